The summed E-state index contributed by atoms with van der Waals surface area (Å²) in [4.78, 5) is 18.2. The third-order valence-electron chi connectivity index (χ3n) is 3.45. The fourth-order valence-electron chi connectivity index (χ4n) is 2.63. The average molecular weight is 248 g/mol. The zero-order valence-corrected chi connectivity index (χ0v) is 10.8. The molecule has 0 N–H and O–H groups in total. The molecule has 0 aliphatic carbocycles. The molecule has 2 heterocycles. The monoisotopic (exact) mass is 248 g/mol. The summed E-state index contributed by atoms with van der Waals surface area (Å²) in [7, 11) is 0. The molecule has 2 aromatic heterocycles. The molecule has 0 saturated carbocycles. The van der Waals surface area contributed by atoms with Crippen LogP contribution in [0.3, 0.4) is 0 Å². The molecule has 0 bridgehead atoms. The predicted octanol–water partition coefficient (Wildman–Crippen LogP) is 3.03. The van der Waals surface area contributed by atoms with Crippen molar-refractivity contribution in [3.05, 3.63) is 35.9 Å². The Hall–Kier alpha value is -2.36. The summed E-state index contributed by atoms with van der Waals surface area (Å²) >= 11 is 0. The van der Waals surface area contributed by atoms with Gasteiger partial charge in [0.25, 0.3) is 0 Å². The first kappa shape index (κ1) is 10.6. The second kappa shape index (κ2) is 3.57. The van der Waals surface area contributed by atoms with Crippen LogP contribution in [-0.2, 0) is 6.42 Å². The maximum atomic E-state index is 4.60. The second-order valence-corrected chi connectivity index (χ2v) is 4.72. The van der Waals surface area contributed by atoms with Crippen molar-refractivity contribution in [1.29, 1.82) is 0 Å². The molecule has 2 aromatic carbocycles. The molecule has 4 aromatic rings. The van der Waals surface area contributed by atoms with Gasteiger partial charge in [0.05, 0.1) is 22.1 Å². The van der Waals surface area contributed by atoms with E-state index in [4.69, 9.17) is 0 Å². The average Bonchev–Trinajstić information content (AvgIpc) is 2.43. The highest BCUT2D eigenvalue weighted by Gasteiger charge is 2.12. The van der Waals surface area contributed by atoms with Gasteiger partial charge in [-0.15, -0.1) is 0 Å². The molecule has 0 unspecified atom stereocenters. The fourth-order valence-corrected chi connectivity index (χ4v) is 2.63. The van der Waals surface area contributed by atoms with Crippen molar-refractivity contribution in [2.75, 3.05) is 0 Å². The lowest BCUT2D eigenvalue weighted by Crippen LogP contribution is -1.98. The molecular formula is C15H12N4. The number of rotatable bonds is 1. The zero-order valence-electron chi connectivity index (χ0n) is 10.8. The van der Waals surface area contributed by atoms with Crippen molar-refractivity contribution in [2.24, 2.45) is 0 Å². The van der Waals surface area contributed by atoms with Gasteiger partial charge in [0.1, 0.15) is 11.6 Å². The molecule has 92 valence electrons. The number of hydrogen-bond donors (Lipinski definition) is 0. The maximum absolute atomic E-state index is 4.60. The molecular weight excluding hydrogens is 236 g/mol. The lowest BCUT2D eigenvalue weighted by Gasteiger charge is -2.10. The minimum atomic E-state index is 0.793. The van der Waals surface area contributed by atoms with Gasteiger partial charge < -0.3 is 0 Å². The largest absolute Gasteiger partial charge is 0.233 e. The van der Waals surface area contributed by atoms with Gasteiger partial charge in [0.2, 0.25) is 0 Å². The van der Waals surface area contributed by atoms with Crippen molar-refractivity contribution in [1.82, 2.24) is 19.9 Å². The first-order valence-electron chi connectivity index (χ1n) is 6.42. The first-order chi connectivity index (χ1) is 9.26. The molecule has 0 saturated heterocycles. The highest BCUT2D eigenvalue weighted by Crippen LogP contribution is 2.31. The van der Waals surface area contributed by atoms with Gasteiger partial charge in [-0.25, -0.2) is 19.9 Å². The topological polar surface area (TPSA) is 51.6 Å². The van der Waals surface area contributed by atoms with Crippen LogP contribution in [0.4, 0.5) is 0 Å². The van der Waals surface area contributed by atoms with Crippen LogP contribution in [-0.4, -0.2) is 19.9 Å². The maximum Gasteiger partial charge on any atom is 0.129 e. The van der Waals surface area contributed by atoms with Gasteiger partial charge in [-0.05, 0) is 31.2 Å². The normalized spacial score (nSPS) is 11.9. The van der Waals surface area contributed by atoms with E-state index in [0.29, 0.717) is 0 Å². The van der Waals surface area contributed by atoms with Gasteiger partial charge in [-0.2, -0.15) is 0 Å². The Balaban J connectivity index is 2.31. The molecule has 0 spiro atoms. The third kappa shape index (κ3) is 1.40. The third-order valence-corrected chi connectivity index (χ3v) is 3.45. The van der Waals surface area contributed by atoms with Crippen molar-refractivity contribution in [2.45, 2.75) is 20.3 Å². The van der Waals surface area contributed by atoms with E-state index in [0.717, 1.165) is 50.9 Å². The van der Waals surface area contributed by atoms with E-state index < -0.39 is 0 Å². The van der Waals surface area contributed by atoms with Crippen LogP contribution < -0.4 is 0 Å². The van der Waals surface area contributed by atoms with Crippen LogP contribution in [0.15, 0.2) is 24.3 Å². The molecule has 0 atom stereocenters. The van der Waals surface area contributed by atoms with E-state index >= 15 is 0 Å². The van der Waals surface area contributed by atoms with Gasteiger partial charge in [-0.1, -0.05) is 6.92 Å². The Morgan fingerprint density at radius 1 is 0.737 bits per heavy atom. The molecule has 0 fully saturated rings. The molecule has 0 aliphatic rings. The van der Waals surface area contributed by atoms with Gasteiger partial charge in [0.15, 0.2) is 0 Å². The summed E-state index contributed by atoms with van der Waals surface area (Å²) in [5, 5.41) is 2.15. The summed E-state index contributed by atoms with van der Waals surface area (Å²) in [6.07, 6.45) is 0.839. The number of hydrogen-bond acceptors (Lipinski definition) is 4. The predicted molar refractivity (Wildman–Crippen MR) is 75.4 cm³/mol. The highest BCUT2D eigenvalue weighted by atomic mass is 14.9. The van der Waals surface area contributed by atoms with Crippen LogP contribution in [0.2, 0.25) is 0 Å². The highest BCUT2D eigenvalue weighted by molar-refractivity contribution is 6.19. The molecule has 0 radical (unpaired) electrons. The molecule has 4 nitrogen and oxygen atoms in total. The quantitative estimate of drug-likeness (QED) is 0.486. The minimum Gasteiger partial charge on any atom is -0.233 e. The molecule has 0 amide bonds. The van der Waals surface area contributed by atoms with Crippen LogP contribution in [0, 0.1) is 6.92 Å². The summed E-state index contributed by atoms with van der Waals surface area (Å²) in [6, 6.07) is 8.09. The van der Waals surface area contributed by atoms with Gasteiger partial charge in [-0.3, -0.25) is 0 Å². The molecule has 4 heteroatoms. The Kier molecular flexibility index (Phi) is 1.98. The van der Waals surface area contributed by atoms with Crippen LogP contribution in [0.25, 0.3) is 32.8 Å². The summed E-state index contributed by atoms with van der Waals surface area (Å²) in [5.41, 5.74) is 3.89. The number of nitrogens with zero attached hydrogens (tertiary/aromatic N) is 4. The number of aromatic nitrogens is 4. The van der Waals surface area contributed by atoms with Crippen molar-refractivity contribution in [3.8, 4) is 0 Å². The van der Waals surface area contributed by atoms with E-state index in [1.807, 2.05) is 31.2 Å². The smallest absolute Gasteiger partial charge is 0.129 e. The van der Waals surface area contributed by atoms with Crippen molar-refractivity contribution in [3.63, 3.8) is 0 Å². The van der Waals surface area contributed by atoms with Gasteiger partial charge in [0, 0.05) is 17.2 Å². The summed E-state index contributed by atoms with van der Waals surface area (Å²) in [6.45, 7) is 3.99. The Morgan fingerprint density at radius 3 is 1.58 bits per heavy atom. The van der Waals surface area contributed by atoms with Gasteiger partial charge >= 0.3 is 0 Å². The number of benzene rings is 2. The second-order valence-electron chi connectivity index (χ2n) is 4.72. The molecule has 19 heavy (non-hydrogen) atoms. The van der Waals surface area contributed by atoms with E-state index in [-0.39, 0.29) is 0 Å². The van der Waals surface area contributed by atoms with E-state index in [1.54, 1.807) is 0 Å². The standard InChI is InChI=1S/C15H12N4/c1-3-13-18-11-6-4-9-14-10(17-8(2)16-9)5-7-12(19-13)15(11)14/h4-7H,3H2,1-2H3. The lowest BCUT2D eigenvalue weighted by atomic mass is 10.0. The Labute approximate surface area is 109 Å². The minimum absolute atomic E-state index is 0.793. The van der Waals surface area contributed by atoms with Crippen molar-refractivity contribution >= 4 is 32.8 Å². The van der Waals surface area contributed by atoms with E-state index in [2.05, 4.69) is 26.9 Å². The zero-order chi connectivity index (χ0) is 13.0. The van der Waals surface area contributed by atoms with E-state index in [1.165, 1.54) is 0 Å². The first-order valence-corrected chi connectivity index (χ1v) is 6.42. The fraction of sp³-hybridized carbons (Fsp3) is 0.200. The summed E-state index contributed by atoms with van der Waals surface area (Å²) in [5.74, 6) is 1.67. The summed E-state index contributed by atoms with van der Waals surface area (Å²) < 4.78 is 0. The Morgan fingerprint density at radius 2 is 1.16 bits per heavy atom. The SMILES string of the molecule is CCc1nc2ccc3nc(C)nc4ccc(n1)c2c34. The van der Waals surface area contributed by atoms with Crippen LogP contribution in [0.1, 0.15) is 18.6 Å². The molecule has 0 aliphatic heterocycles. The van der Waals surface area contributed by atoms with Crippen LogP contribution >= 0.6 is 0 Å². The van der Waals surface area contributed by atoms with Crippen LogP contribution in [0.5, 0.6) is 0 Å². The molecule has 4 rings (SSSR count). The lowest BCUT2D eigenvalue weighted by molar-refractivity contribution is 0.975. The Bertz CT molecular complexity index is 847. The van der Waals surface area contributed by atoms with Crippen molar-refractivity contribution < 1.29 is 0 Å². The number of aryl methyl sites for hydroxylation is 2. The van der Waals surface area contributed by atoms with E-state index in [9.17, 15) is 0 Å².